The van der Waals surface area contributed by atoms with Crippen molar-refractivity contribution in [2.75, 3.05) is 4.90 Å². The van der Waals surface area contributed by atoms with Crippen LogP contribution in [0.15, 0.2) is 53.4 Å². The van der Waals surface area contributed by atoms with Gasteiger partial charge in [0.1, 0.15) is 0 Å². The third-order valence-electron chi connectivity index (χ3n) is 3.74. The SMILES string of the molecule is CC1(C)CC(=O)C=C2C1=C(O)C(=O)N2c1ccccc1. The molecule has 0 unspecified atom stereocenters. The molecule has 1 N–H and O–H groups in total. The number of anilines is 1. The van der Waals surface area contributed by atoms with E-state index in [0.29, 0.717) is 23.4 Å². The zero-order chi connectivity index (χ0) is 14.5. The lowest BCUT2D eigenvalue weighted by Gasteiger charge is -2.31. The zero-order valence-corrected chi connectivity index (χ0v) is 11.4. The number of allylic oxidation sites excluding steroid dienone is 2. The van der Waals surface area contributed by atoms with E-state index in [9.17, 15) is 14.7 Å². The van der Waals surface area contributed by atoms with Crippen molar-refractivity contribution in [3.63, 3.8) is 0 Å². The maximum absolute atomic E-state index is 12.3. The number of rotatable bonds is 1. The average Bonchev–Trinajstić information content (AvgIpc) is 2.62. The summed E-state index contributed by atoms with van der Waals surface area (Å²) in [7, 11) is 0. The molecule has 102 valence electrons. The van der Waals surface area contributed by atoms with E-state index in [1.807, 2.05) is 32.0 Å². The molecule has 0 radical (unpaired) electrons. The Labute approximate surface area is 117 Å². The van der Waals surface area contributed by atoms with Crippen LogP contribution in [0.25, 0.3) is 0 Å². The van der Waals surface area contributed by atoms with E-state index in [0.717, 1.165) is 0 Å². The van der Waals surface area contributed by atoms with Crippen LogP contribution in [-0.2, 0) is 9.59 Å². The van der Waals surface area contributed by atoms with Gasteiger partial charge in [-0.15, -0.1) is 0 Å². The molecule has 1 aromatic carbocycles. The van der Waals surface area contributed by atoms with Crippen molar-refractivity contribution in [1.29, 1.82) is 0 Å². The number of carbonyl (C=O) groups excluding carboxylic acids is 2. The van der Waals surface area contributed by atoms with Gasteiger partial charge < -0.3 is 5.11 Å². The fraction of sp³-hybridized carbons (Fsp3) is 0.250. The molecule has 0 saturated heterocycles. The van der Waals surface area contributed by atoms with E-state index in [4.69, 9.17) is 0 Å². The lowest BCUT2D eigenvalue weighted by atomic mass is 9.74. The number of fused-ring (bicyclic) bond motifs is 1. The molecule has 2 aliphatic rings. The van der Waals surface area contributed by atoms with Gasteiger partial charge in [0.25, 0.3) is 5.91 Å². The van der Waals surface area contributed by atoms with Crippen molar-refractivity contribution in [1.82, 2.24) is 0 Å². The summed E-state index contributed by atoms with van der Waals surface area (Å²) in [6.07, 6.45) is 1.75. The molecule has 1 aliphatic carbocycles. The Morgan fingerprint density at radius 1 is 1.15 bits per heavy atom. The molecule has 1 amide bonds. The number of aliphatic hydroxyl groups excluding tert-OH is 1. The highest BCUT2D eigenvalue weighted by molar-refractivity contribution is 6.14. The number of hydrogen-bond acceptors (Lipinski definition) is 3. The summed E-state index contributed by atoms with van der Waals surface area (Å²) in [5.74, 6) is -0.755. The number of nitrogens with zero attached hydrogens (tertiary/aromatic N) is 1. The van der Waals surface area contributed by atoms with Crippen LogP contribution in [0, 0.1) is 5.41 Å². The van der Waals surface area contributed by atoms with E-state index in [1.54, 1.807) is 12.1 Å². The highest BCUT2D eigenvalue weighted by atomic mass is 16.3. The molecule has 4 heteroatoms. The Balaban J connectivity index is 2.19. The fourth-order valence-electron chi connectivity index (χ4n) is 2.92. The van der Waals surface area contributed by atoms with Crippen molar-refractivity contribution >= 4 is 17.4 Å². The van der Waals surface area contributed by atoms with Crippen molar-refractivity contribution in [3.05, 3.63) is 53.4 Å². The van der Waals surface area contributed by atoms with Gasteiger partial charge >= 0.3 is 0 Å². The monoisotopic (exact) mass is 269 g/mol. The molecule has 0 bridgehead atoms. The van der Waals surface area contributed by atoms with Crippen LogP contribution in [-0.4, -0.2) is 16.8 Å². The lowest BCUT2D eigenvalue weighted by Crippen LogP contribution is -2.30. The lowest BCUT2D eigenvalue weighted by molar-refractivity contribution is -0.117. The summed E-state index contributed by atoms with van der Waals surface area (Å²) in [4.78, 5) is 25.6. The van der Waals surface area contributed by atoms with Gasteiger partial charge in [-0.2, -0.15) is 0 Å². The molecular formula is C16H15NO3. The normalized spacial score (nSPS) is 21.1. The highest BCUT2D eigenvalue weighted by Crippen LogP contribution is 2.47. The second-order valence-corrected chi connectivity index (χ2v) is 5.76. The molecule has 20 heavy (non-hydrogen) atoms. The van der Waals surface area contributed by atoms with Gasteiger partial charge in [-0.05, 0) is 12.1 Å². The Kier molecular flexibility index (Phi) is 2.57. The van der Waals surface area contributed by atoms with Gasteiger partial charge in [0.2, 0.25) is 0 Å². The first kappa shape index (κ1) is 12.7. The van der Waals surface area contributed by atoms with E-state index < -0.39 is 11.3 Å². The molecule has 1 aromatic rings. The van der Waals surface area contributed by atoms with Crippen molar-refractivity contribution in [2.24, 2.45) is 5.41 Å². The second kappa shape index (κ2) is 4.07. The molecule has 0 spiro atoms. The summed E-state index contributed by atoms with van der Waals surface area (Å²) >= 11 is 0. The maximum Gasteiger partial charge on any atom is 0.298 e. The number of carbonyl (C=O) groups is 2. The Morgan fingerprint density at radius 3 is 2.45 bits per heavy atom. The number of para-hydroxylation sites is 1. The van der Waals surface area contributed by atoms with Crippen LogP contribution in [0.3, 0.4) is 0 Å². The molecule has 0 fully saturated rings. The minimum absolute atomic E-state index is 0.0304. The molecule has 0 aromatic heterocycles. The summed E-state index contributed by atoms with van der Waals surface area (Å²) in [5.41, 5.74) is 1.17. The topological polar surface area (TPSA) is 57.6 Å². The molecule has 1 aliphatic heterocycles. The number of hydrogen-bond donors (Lipinski definition) is 1. The first-order valence-electron chi connectivity index (χ1n) is 6.50. The molecule has 0 atom stereocenters. The third-order valence-corrected chi connectivity index (χ3v) is 3.74. The van der Waals surface area contributed by atoms with Gasteiger partial charge in [0, 0.05) is 29.2 Å². The van der Waals surface area contributed by atoms with Gasteiger partial charge in [-0.3, -0.25) is 14.5 Å². The van der Waals surface area contributed by atoms with E-state index in [1.165, 1.54) is 11.0 Å². The predicted octanol–water partition coefficient (Wildman–Crippen LogP) is 2.73. The minimum Gasteiger partial charge on any atom is -0.503 e. The molecule has 0 saturated carbocycles. The summed E-state index contributed by atoms with van der Waals surface area (Å²) in [6, 6.07) is 9.03. The van der Waals surface area contributed by atoms with Gasteiger partial charge in [-0.25, -0.2) is 0 Å². The van der Waals surface area contributed by atoms with Crippen molar-refractivity contribution < 1.29 is 14.7 Å². The Hall–Kier alpha value is -2.36. The maximum atomic E-state index is 12.3. The van der Waals surface area contributed by atoms with Crippen LogP contribution in [0.2, 0.25) is 0 Å². The smallest absolute Gasteiger partial charge is 0.298 e. The fourth-order valence-corrected chi connectivity index (χ4v) is 2.92. The van der Waals surface area contributed by atoms with Crippen molar-refractivity contribution in [2.45, 2.75) is 20.3 Å². The van der Waals surface area contributed by atoms with Crippen LogP contribution >= 0.6 is 0 Å². The number of benzene rings is 1. The quantitative estimate of drug-likeness (QED) is 0.852. The van der Waals surface area contributed by atoms with E-state index >= 15 is 0 Å². The summed E-state index contributed by atoms with van der Waals surface area (Å²) in [6.45, 7) is 3.73. The molecule has 3 rings (SSSR count). The number of aliphatic hydroxyl groups is 1. The highest BCUT2D eigenvalue weighted by Gasteiger charge is 2.46. The standard InChI is InChI=1S/C16H15NO3/c1-16(2)9-11(18)8-12-13(16)14(19)15(20)17(12)10-6-4-3-5-7-10/h3-8,19H,9H2,1-2H3. The van der Waals surface area contributed by atoms with Gasteiger partial charge in [0.05, 0.1) is 5.70 Å². The number of amides is 1. The zero-order valence-electron chi connectivity index (χ0n) is 11.4. The van der Waals surface area contributed by atoms with Crippen molar-refractivity contribution in [3.8, 4) is 0 Å². The van der Waals surface area contributed by atoms with Crippen LogP contribution in [0.1, 0.15) is 20.3 Å². The predicted molar refractivity (Wildman–Crippen MR) is 75.1 cm³/mol. The van der Waals surface area contributed by atoms with E-state index in [-0.39, 0.29) is 11.5 Å². The molecule has 4 nitrogen and oxygen atoms in total. The molecular weight excluding hydrogens is 254 g/mol. The largest absolute Gasteiger partial charge is 0.503 e. The minimum atomic E-state index is -0.537. The second-order valence-electron chi connectivity index (χ2n) is 5.76. The molecule has 1 heterocycles. The van der Waals surface area contributed by atoms with Gasteiger partial charge in [0.15, 0.2) is 11.5 Å². The average molecular weight is 269 g/mol. The van der Waals surface area contributed by atoms with Crippen LogP contribution in [0.5, 0.6) is 0 Å². The summed E-state index contributed by atoms with van der Waals surface area (Å²) in [5, 5.41) is 10.2. The Bertz CT molecular complexity index is 668. The van der Waals surface area contributed by atoms with Gasteiger partial charge in [-0.1, -0.05) is 32.0 Å². The van der Waals surface area contributed by atoms with Crippen LogP contribution < -0.4 is 4.90 Å². The number of ketones is 1. The first-order chi connectivity index (χ1) is 9.42. The van der Waals surface area contributed by atoms with Crippen LogP contribution in [0.4, 0.5) is 5.69 Å². The Morgan fingerprint density at radius 2 is 1.80 bits per heavy atom. The van der Waals surface area contributed by atoms with E-state index in [2.05, 4.69) is 0 Å². The third kappa shape index (κ3) is 1.68. The summed E-state index contributed by atoms with van der Waals surface area (Å²) < 4.78 is 0. The first-order valence-corrected chi connectivity index (χ1v) is 6.50.